The molecule has 116 valence electrons. The van der Waals surface area contributed by atoms with Gasteiger partial charge in [0.2, 0.25) is 16.7 Å². The third kappa shape index (κ3) is 3.92. The highest BCUT2D eigenvalue weighted by molar-refractivity contribution is 8.01. The van der Waals surface area contributed by atoms with Crippen molar-refractivity contribution in [1.82, 2.24) is 24.7 Å². The summed E-state index contributed by atoms with van der Waals surface area (Å²) in [5.74, 6) is 1.79. The van der Waals surface area contributed by atoms with E-state index in [9.17, 15) is 4.79 Å². The highest BCUT2D eigenvalue weighted by Gasteiger charge is 2.21. The van der Waals surface area contributed by atoms with Crippen molar-refractivity contribution in [1.29, 1.82) is 0 Å². The van der Waals surface area contributed by atoms with Gasteiger partial charge in [0.25, 0.3) is 0 Å². The molecule has 0 spiro atoms. The van der Waals surface area contributed by atoms with Crippen LogP contribution >= 0.6 is 23.1 Å². The van der Waals surface area contributed by atoms with Crippen LogP contribution in [0.1, 0.15) is 32.1 Å². The molecule has 0 saturated heterocycles. The van der Waals surface area contributed by atoms with Gasteiger partial charge in [-0.05, 0) is 5.92 Å². The predicted octanol–water partition coefficient (Wildman–Crippen LogP) is 0.695. The van der Waals surface area contributed by atoms with Gasteiger partial charge in [-0.3, -0.25) is 4.79 Å². The molecule has 9 heteroatoms. The molecular formula is C12H21N6OS2+. The third-order valence-corrected chi connectivity index (χ3v) is 4.95. The van der Waals surface area contributed by atoms with Crippen LogP contribution in [0.3, 0.4) is 0 Å². The van der Waals surface area contributed by atoms with Gasteiger partial charge in [-0.2, -0.15) is 4.52 Å². The topological polar surface area (TPSA) is 91.0 Å². The molecule has 0 bridgehead atoms. The van der Waals surface area contributed by atoms with Gasteiger partial charge >= 0.3 is 0 Å². The van der Waals surface area contributed by atoms with Gasteiger partial charge in [-0.15, -0.1) is 15.3 Å². The average molecular weight is 329 g/mol. The lowest BCUT2D eigenvalue weighted by Gasteiger charge is -2.08. The summed E-state index contributed by atoms with van der Waals surface area (Å²) in [6.45, 7) is 4.32. The zero-order valence-electron chi connectivity index (χ0n) is 12.7. The zero-order chi connectivity index (χ0) is 15.6. The van der Waals surface area contributed by atoms with Crippen LogP contribution in [0.15, 0.2) is 4.34 Å². The first kappa shape index (κ1) is 16.2. The minimum atomic E-state index is 0.0704. The molecule has 0 aliphatic rings. The highest BCUT2D eigenvalue weighted by Crippen LogP contribution is 2.26. The largest absolute Gasteiger partial charge is 0.349 e. The lowest BCUT2D eigenvalue weighted by Crippen LogP contribution is -2.54. The maximum atomic E-state index is 11.6. The lowest BCUT2D eigenvalue weighted by molar-refractivity contribution is -0.432. The fourth-order valence-electron chi connectivity index (χ4n) is 1.85. The fourth-order valence-corrected chi connectivity index (χ4v) is 3.72. The van der Waals surface area contributed by atoms with E-state index in [1.165, 1.54) is 23.1 Å². The molecule has 0 aliphatic carbocycles. The van der Waals surface area contributed by atoms with Gasteiger partial charge in [0, 0.05) is 20.5 Å². The Hall–Kier alpha value is -1.19. The van der Waals surface area contributed by atoms with Crippen molar-refractivity contribution in [2.45, 2.75) is 30.6 Å². The molecule has 2 aromatic rings. The molecule has 2 aromatic heterocycles. The van der Waals surface area contributed by atoms with Crippen molar-refractivity contribution >= 4 is 34.0 Å². The Labute approximate surface area is 131 Å². The number of hydrogen-bond donors (Lipinski definition) is 1. The van der Waals surface area contributed by atoms with Gasteiger partial charge < -0.3 is 10.6 Å². The Balaban J connectivity index is 2.12. The van der Waals surface area contributed by atoms with Crippen molar-refractivity contribution in [2.24, 2.45) is 5.92 Å². The van der Waals surface area contributed by atoms with Crippen LogP contribution in [0.5, 0.6) is 0 Å². The van der Waals surface area contributed by atoms with Gasteiger partial charge in [0.1, 0.15) is 6.04 Å². The summed E-state index contributed by atoms with van der Waals surface area (Å²) in [6, 6.07) is 0.0726. The molecule has 0 aromatic carbocycles. The van der Waals surface area contributed by atoms with Gasteiger partial charge in [-0.25, -0.2) is 0 Å². The van der Waals surface area contributed by atoms with Crippen molar-refractivity contribution < 1.29 is 10.5 Å². The second kappa shape index (κ2) is 6.71. The first-order chi connectivity index (χ1) is 9.88. The summed E-state index contributed by atoms with van der Waals surface area (Å²) < 4.78 is 2.58. The molecule has 0 fully saturated rings. The number of carbonyl (C=O) groups is 1. The summed E-state index contributed by atoms with van der Waals surface area (Å²) in [5.41, 5.74) is 4.15. The standard InChI is InChI=1S/C12H20N6OS2/c1-7(2)5-8(13)10-14-15-11-18(10)16-12(21-11)20-6-9(19)17(3)4/h7-8H,5-6,13H2,1-4H3/p+1/t8-/m0/s1. The average Bonchev–Trinajstić information content (AvgIpc) is 2.93. The van der Waals surface area contributed by atoms with Crippen molar-refractivity contribution in [3.05, 3.63) is 5.82 Å². The predicted molar refractivity (Wildman–Crippen MR) is 83.2 cm³/mol. The van der Waals surface area contributed by atoms with E-state index in [0.29, 0.717) is 11.7 Å². The van der Waals surface area contributed by atoms with Crippen LogP contribution in [0.25, 0.3) is 4.96 Å². The first-order valence-electron chi connectivity index (χ1n) is 6.76. The van der Waals surface area contributed by atoms with E-state index in [0.717, 1.165) is 21.5 Å². The summed E-state index contributed by atoms with van der Waals surface area (Å²) in [5, 5.41) is 12.8. The molecule has 7 nitrogen and oxygen atoms in total. The van der Waals surface area contributed by atoms with Gasteiger partial charge in [0.05, 0.1) is 5.75 Å². The zero-order valence-corrected chi connectivity index (χ0v) is 14.4. The maximum Gasteiger partial charge on any atom is 0.235 e. The Morgan fingerprint density at radius 2 is 2.14 bits per heavy atom. The maximum absolute atomic E-state index is 11.6. The second-order valence-corrected chi connectivity index (χ2v) is 7.70. The Morgan fingerprint density at radius 3 is 2.76 bits per heavy atom. The molecule has 0 unspecified atom stereocenters. The van der Waals surface area contributed by atoms with E-state index in [1.807, 2.05) is 0 Å². The normalized spacial score (nSPS) is 13.0. The SMILES string of the molecule is CC(C)C[C@H]([NH3+])c1nnc2sc(SCC(=O)N(C)C)nn12. The number of rotatable bonds is 6. The minimum Gasteiger partial charge on any atom is -0.349 e. The highest BCUT2D eigenvalue weighted by atomic mass is 32.2. The summed E-state index contributed by atoms with van der Waals surface area (Å²) in [4.78, 5) is 13.9. The number of carbonyl (C=O) groups excluding carboxylic acids is 1. The smallest absolute Gasteiger partial charge is 0.235 e. The van der Waals surface area contributed by atoms with E-state index in [1.54, 1.807) is 23.5 Å². The minimum absolute atomic E-state index is 0.0704. The molecule has 0 aliphatic heterocycles. The number of quaternary nitrogens is 1. The van der Waals surface area contributed by atoms with E-state index in [4.69, 9.17) is 0 Å². The van der Waals surface area contributed by atoms with E-state index < -0.39 is 0 Å². The van der Waals surface area contributed by atoms with E-state index in [2.05, 4.69) is 34.9 Å². The lowest BCUT2D eigenvalue weighted by atomic mass is 10.0. The van der Waals surface area contributed by atoms with Crippen LogP contribution in [-0.2, 0) is 4.79 Å². The Bertz CT molecular complexity index is 620. The summed E-state index contributed by atoms with van der Waals surface area (Å²) in [7, 11) is 3.50. The second-order valence-electron chi connectivity index (χ2n) is 5.52. The van der Waals surface area contributed by atoms with Crippen molar-refractivity contribution in [3.63, 3.8) is 0 Å². The number of thioether (sulfide) groups is 1. The molecule has 3 N–H and O–H groups in total. The summed E-state index contributed by atoms with van der Waals surface area (Å²) in [6.07, 6.45) is 0.944. The molecule has 21 heavy (non-hydrogen) atoms. The number of amides is 1. The summed E-state index contributed by atoms with van der Waals surface area (Å²) >= 11 is 2.88. The van der Waals surface area contributed by atoms with E-state index in [-0.39, 0.29) is 11.9 Å². The van der Waals surface area contributed by atoms with Gasteiger partial charge in [-0.1, -0.05) is 36.9 Å². The van der Waals surface area contributed by atoms with Crippen LogP contribution in [0, 0.1) is 5.92 Å². The number of hydrogen-bond acceptors (Lipinski definition) is 6. The van der Waals surface area contributed by atoms with Crippen LogP contribution in [-0.4, -0.2) is 50.5 Å². The molecule has 0 radical (unpaired) electrons. The number of fused-ring (bicyclic) bond motifs is 1. The monoisotopic (exact) mass is 329 g/mol. The Kier molecular flexibility index (Phi) is 5.17. The quantitative estimate of drug-likeness (QED) is 0.788. The molecule has 1 amide bonds. The van der Waals surface area contributed by atoms with Crippen LogP contribution < -0.4 is 5.73 Å². The molecule has 2 rings (SSSR count). The number of aromatic nitrogens is 4. The molecule has 2 heterocycles. The Morgan fingerprint density at radius 1 is 1.43 bits per heavy atom. The molecule has 1 atom stereocenters. The van der Waals surface area contributed by atoms with Crippen molar-refractivity contribution in [3.8, 4) is 0 Å². The first-order valence-corrected chi connectivity index (χ1v) is 8.57. The van der Waals surface area contributed by atoms with E-state index >= 15 is 0 Å². The number of nitrogens with zero attached hydrogens (tertiary/aromatic N) is 5. The molecule has 0 saturated carbocycles. The van der Waals surface area contributed by atoms with Crippen LogP contribution in [0.2, 0.25) is 0 Å². The van der Waals surface area contributed by atoms with Gasteiger partial charge in [0.15, 0.2) is 4.34 Å². The third-order valence-electron chi connectivity index (χ3n) is 2.94. The fraction of sp³-hybridized carbons (Fsp3) is 0.667. The van der Waals surface area contributed by atoms with Crippen molar-refractivity contribution in [2.75, 3.05) is 19.8 Å². The van der Waals surface area contributed by atoms with Crippen LogP contribution in [0.4, 0.5) is 0 Å². The molecular weight excluding hydrogens is 308 g/mol.